The molecule has 0 radical (unpaired) electrons. The lowest BCUT2D eigenvalue weighted by atomic mass is 9.81. The van der Waals surface area contributed by atoms with Crippen molar-refractivity contribution in [1.29, 1.82) is 0 Å². The van der Waals surface area contributed by atoms with Crippen LogP contribution in [0.1, 0.15) is 61.1 Å². The smallest absolute Gasteiger partial charge is 0.178 e. The first-order chi connectivity index (χ1) is 22.5. The highest BCUT2D eigenvalue weighted by Crippen LogP contribution is 2.55. The summed E-state index contributed by atoms with van der Waals surface area (Å²) in [5.74, 6) is 1.85. The minimum atomic E-state index is -0.813. The molecule has 0 amide bonds. The van der Waals surface area contributed by atoms with E-state index in [0.29, 0.717) is 0 Å². The summed E-state index contributed by atoms with van der Waals surface area (Å²) in [5, 5.41) is 2.36. The standard InChI is InChI=1S/C42H44N2O2/c1-7-43(8-2)32-20-16-30(17-21-32)42(31-18-22-33(23-19-31)44(9-3)10-4)26-25-36-39-35(24-15-28(5)40(39)45-6)37-27-29-13-11-12-14-34(29)38(37)41(36)46-42/h11-26H,7-10,27H2,1-6H3. The Morgan fingerprint density at radius 2 is 1.33 bits per heavy atom. The normalized spacial score (nSPS) is 14.0. The Morgan fingerprint density at radius 1 is 0.739 bits per heavy atom. The second kappa shape index (κ2) is 11.9. The van der Waals surface area contributed by atoms with Crippen molar-refractivity contribution < 1.29 is 9.47 Å². The van der Waals surface area contributed by atoms with Gasteiger partial charge in [0.25, 0.3) is 0 Å². The molecule has 5 aromatic rings. The highest BCUT2D eigenvalue weighted by molar-refractivity contribution is 6.07. The molecule has 4 nitrogen and oxygen atoms in total. The second-order valence-electron chi connectivity index (χ2n) is 12.4. The third kappa shape index (κ3) is 4.57. The molecule has 0 aromatic heterocycles. The summed E-state index contributed by atoms with van der Waals surface area (Å²) in [6.07, 6.45) is 5.43. The van der Waals surface area contributed by atoms with Gasteiger partial charge in [-0.2, -0.15) is 0 Å². The Labute approximate surface area is 273 Å². The molecule has 4 heteroatoms. The second-order valence-corrected chi connectivity index (χ2v) is 12.4. The molecule has 7 rings (SSSR count). The maximum atomic E-state index is 7.58. The number of hydrogen-bond acceptors (Lipinski definition) is 4. The molecule has 1 aliphatic carbocycles. The van der Waals surface area contributed by atoms with Crippen molar-refractivity contribution in [3.63, 3.8) is 0 Å². The highest BCUT2D eigenvalue weighted by atomic mass is 16.5. The lowest BCUT2D eigenvalue weighted by Crippen LogP contribution is -2.35. The number of fused-ring (bicyclic) bond motifs is 8. The minimum absolute atomic E-state index is 0.813. The Morgan fingerprint density at radius 3 is 1.89 bits per heavy atom. The summed E-state index contributed by atoms with van der Waals surface area (Å²) in [7, 11) is 1.78. The fraction of sp³-hybridized carbons (Fsp3) is 0.286. The zero-order valence-corrected chi connectivity index (χ0v) is 28.0. The van der Waals surface area contributed by atoms with Gasteiger partial charge in [-0.3, -0.25) is 0 Å². The van der Waals surface area contributed by atoms with Gasteiger partial charge < -0.3 is 19.3 Å². The van der Waals surface area contributed by atoms with Gasteiger partial charge in [-0.05, 0) is 105 Å². The molecular weight excluding hydrogens is 564 g/mol. The van der Waals surface area contributed by atoms with E-state index in [1.54, 1.807) is 7.11 Å². The van der Waals surface area contributed by atoms with Crippen LogP contribution in [0.25, 0.3) is 28.0 Å². The van der Waals surface area contributed by atoms with Crippen LogP contribution in [0.3, 0.4) is 0 Å². The van der Waals surface area contributed by atoms with Crippen molar-refractivity contribution in [3.8, 4) is 22.6 Å². The Kier molecular flexibility index (Phi) is 7.76. The van der Waals surface area contributed by atoms with Crippen LogP contribution in [0, 0.1) is 6.92 Å². The summed E-state index contributed by atoms with van der Waals surface area (Å²) in [5.41, 5.74) is 11.2. The molecule has 1 aliphatic heterocycles. The maximum absolute atomic E-state index is 7.58. The summed E-state index contributed by atoms with van der Waals surface area (Å²) in [6, 6.07) is 31.2. The number of methoxy groups -OCH3 is 1. The summed E-state index contributed by atoms with van der Waals surface area (Å²) >= 11 is 0. The lowest BCUT2D eigenvalue weighted by Gasteiger charge is -2.38. The van der Waals surface area contributed by atoms with E-state index in [1.807, 2.05) is 0 Å². The van der Waals surface area contributed by atoms with E-state index in [0.717, 1.165) is 71.7 Å². The largest absolute Gasteiger partial charge is 0.496 e. The van der Waals surface area contributed by atoms with Gasteiger partial charge in [0.2, 0.25) is 0 Å². The lowest BCUT2D eigenvalue weighted by molar-refractivity contribution is 0.162. The van der Waals surface area contributed by atoms with E-state index in [-0.39, 0.29) is 0 Å². The SMILES string of the molecule is CCN(CC)c1ccc(C2(c3ccc(N(CC)CC)cc3)C=Cc3c(c4c(c5ccc(C)c(OC)c35)Cc3ccccc3-4)O2)cc1. The van der Waals surface area contributed by atoms with Crippen LogP contribution >= 0.6 is 0 Å². The third-order valence-corrected chi connectivity index (χ3v) is 10.2. The van der Waals surface area contributed by atoms with E-state index < -0.39 is 5.60 Å². The average Bonchev–Trinajstić information content (AvgIpc) is 3.50. The Balaban J connectivity index is 1.49. The first-order valence-electron chi connectivity index (χ1n) is 16.8. The van der Waals surface area contributed by atoms with Crippen molar-refractivity contribution >= 4 is 28.2 Å². The van der Waals surface area contributed by atoms with E-state index in [9.17, 15) is 0 Å². The Hall–Kier alpha value is -4.70. The fourth-order valence-electron chi connectivity index (χ4n) is 7.72. The predicted octanol–water partition coefficient (Wildman–Crippen LogP) is 9.77. The number of benzene rings is 5. The number of anilines is 2. The van der Waals surface area contributed by atoms with Crippen LogP contribution in [0.2, 0.25) is 0 Å². The fourth-order valence-corrected chi connectivity index (χ4v) is 7.72. The van der Waals surface area contributed by atoms with Gasteiger partial charge in [-0.1, -0.05) is 60.7 Å². The van der Waals surface area contributed by atoms with Crippen molar-refractivity contribution in [2.24, 2.45) is 0 Å². The Bertz CT molecular complexity index is 1880. The molecule has 234 valence electrons. The van der Waals surface area contributed by atoms with Crippen molar-refractivity contribution in [2.75, 3.05) is 43.1 Å². The molecular formula is C42H44N2O2. The van der Waals surface area contributed by atoms with Crippen LogP contribution in [0.15, 0.2) is 91.0 Å². The topological polar surface area (TPSA) is 24.9 Å². The third-order valence-electron chi connectivity index (χ3n) is 10.2. The molecule has 2 aliphatic rings. The molecule has 46 heavy (non-hydrogen) atoms. The van der Waals surface area contributed by atoms with Gasteiger partial charge in [-0.15, -0.1) is 0 Å². The van der Waals surface area contributed by atoms with Gasteiger partial charge >= 0.3 is 0 Å². The molecule has 0 bridgehead atoms. The molecule has 0 unspecified atom stereocenters. The zero-order chi connectivity index (χ0) is 32.0. The number of ether oxygens (including phenoxy) is 2. The van der Waals surface area contributed by atoms with Crippen LogP contribution in [-0.4, -0.2) is 33.3 Å². The number of aryl methyl sites for hydroxylation is 1. The number of hydrogen-bond donors (Lipinski definition) is 0. The van der Waals surface area contributed by atoms with E-state index >= 15 is 0 Å². The van der Waals surface area contributed by atoms with E-state index in [1.165, 1.54) is 39.0 Å². The molecule has 0 N–H and O–H groups in total. The molecule has 1 heterocycles. The minimum Gasteiger partial charge on any atom is -0.496 e. The van der Waals surface area contributed by atoms with Gasteiger partial charge in [0, 0.05) is 65.2 Å². The molecule has 5 aromatic carbocycles. The summed E-state index contributed by atoms with van der Waals surface area (Å²) in [6.45, 7) is 14.8. The van der Waals surface area contributed by atoms with Crippen LogP contribution in [-0.2, 0) is 12.0 Å². The molecule has 0 fully saturated rings. The van der Waals surface area contributed by atoms with Crippen molar-refractivity contribution in [3.05, 3.63) is 124 Å². The highest BCUT2D eigenvalue weighted by Gasteiger charge is 2.41. The molecule has 0 saturated carbocycles. The quantitative estimate of drug-likeness (QED) is 0.163. The number of nitrogens with zero attached hydrogens (tertiary/aromatic N) is 2. The summed E-state index contributed by atoms with van der Waals surface area (Å²) < 4.78 is 13.7. The molecule has 0 saturated heterocycles. The predicted molar refractivity (Wildman–Crippen MR) is 194 cm³/mol. The van der Waals surface area contributed by atoms with Crippen LogP contribution in [0.4, 0.5) is 11.4 Å². The first-order valence-corrected chi connectivity index (χ1v) is 16.8. The van der Waals surface area contributed by atoms with Gasteiger partial charge in [0.15, 0.2) is 5.60 Å². The molecule has 0 atom stereocenters. The van der Waals surface area contributed by atoms with Gasteiger partial charge in [-0.25, -0.2) is 0 Å². The first kappa shape index (κ1) is 30.0. The monoisotopic (exact) mass is 608 g/mol. The van der Waals surface area contributed by atoms with Gasteiger partial charge in [0.05, 0.1) is 7.11 Å². The summed E-state index contributed by atoms with van der Waals surface area (Å²) in [4.78, 5) is 4.76. The average molecular weight is 609 g/mol. The van der Waals surface area contributed by atoms with E-state index in [4.69, 9.17) is 9.47 Å². The molecule has 0 spiro atoms. The zero-order valence-electron chi connectivity index (χ0n) is 28.0. The van der Waals surface area contributed by atoms with Crippen molar-refractivity contribution in [2.45, 2.75) is 46.6 Å². The van der Waals surface area contributed by atoms with Gasteiger partial charge in [0.1, 0.15) is 11.5 Å². The van der Waals surface area contributed by atoms with Crippen molar-refractivity contribution in [1.82, 2.24) is 0 Å². The maximum Gasteiger partial charge on any atom is 0.178 e. The van der Waals surface area contributed by atoms with Crippen LogP contribution in [0.5, 0.6) is 11.5 Å². The van der Waals surface area contributed by atoms with Crippen LogP contribution < -0.4 is 19.3 Å². The number of rotatable bonds is 9. The van der Waals surface area contributed by atoms with E-state index in [2.05, 4.69) is 141 Å².